The molecule has 1 aromatic carbocycles. The fraction of sp³-hybridized carbons (Fsp3) is 0.533. The number of aryl methyl sites for hydroxylation is 1. The number of nitrogens with two attached hydrogens (primary N) is 1. The third-order valence-corrected chi connectivity index (χ3v) is 4.95. The Bertz CT molecular complexity index is 620. The first-order chi connectivity index (χ1) is 10.2. The van der Waals surface area contributed by atoms with E-state index in [1.807, 2.05) is 4.68 Å². The molecule has 0 saturated heterocycles. The van der Waals surface area contributed by atoms with Crippen LogP contribution in [-0.2, 0) is 6.42 Å². The number of nitrogens with zero attached hydrogens (tertiary/aromatic N) is 4. The van der Waals surface area contributed by atoms with Crippen molar-refractivity contribution in [1.82, 2.24) is 20.2 Å². The van der Waals surface area contributed by atoms with E-state index >= 15 is 0 Å². The Morgan fingerprint density at radius 1 is 1.43 bits per heavy atom. The van der Waals surface area contributed by atoms with Crippen LogP contribution in [0.5, 0.6) is 0 Å². The largest absolute Gasteiger partial charge is 0.327 e. The van der Waals surface area contributed by atoms with Gasteiger partial charge in [0.15, 0.2) is 0 Å². The molecule has 1 aliphatic carbocycles. The molecule has 1 fully saturated rings. The minimum absolute atomic E-state index is 0.241. The van der Waals surface area contributed by atoms with Crippen molar-refractivity contribution in [2.75, 3.05) is 0 Å². The highest BCUT2D eigenvalue weighted by atomic mass is 32.2. The Morgan fingerprint density at radius 3 is 2.90 bits per heavy atom. The van der Waals surface area contributed by atoms with Crippen LogP contribution in [-0.4, -0.2) is 26.2 Å². The molecule has 1 aromatic heterocycles. The van der Waals surface area contributed by atoms with Gasteiger partial charge in [0, 0.05) is 10.9 Å². The van der Waals surface area contributed by atoms with E-state index < -0.39 is 0 Å². The van der Waals surface area contributed by atoms with Crippen LogP contribution in [0, 0.1) is 6.92 Å². The Morgan fingerprint density at radius 2 is 2.24 bits per heavy atom. The summed E-state index contributed by atoms with van der Waals surface area (Å²) in [4.78, 5) is 1.21. The molecule has 0 radical (unpaired) electrons. The summed E-state index contributed by atoms with van der Waals surface area (Å²) in [6.07, 6.45) is 4.31. The van der Waals surface area contributed by atoms with Crippen LogP contribution >= 0.6 is 11.8 Å². The van der Waals surface area contributed by atoms with Gasteiger partial charge < -0.3 is 5.73 Å². The van der Waals surface area contributed by atoms with E-state index in [2.05, 4.69) is 47.6 Å². The van der Waals surface area contributed by atoms with Crippen molar-refractivity contribution in [1.29, 1.82) is 0 Å². The van der Waals surface area contributed by atoms with Gasteiger partial charge in [-0.15, -0.1) is 5.10 Å². The molecule has 1 aliphatic rings. The molecule has 2 N–H and O–H groups in total. The molecular weight excluding hydrogens is 282 g/mol. The lowest BCUT2D eigenvalue weighted by Gasteiger charge is -2.11. The van der Waals surface area contributed by atoms with Crippen LogP contribution in [0.25, 0.3) is 0 Å². The predicted molar refractivity (Wildman–Crippen MR) is 83.4 cm³/mol. The van der Waals surface area contributed by atoms with Gasteiger partial charge in [-0.2, -0.15) is 0 Å². The van der Waals surface area contributed by atoms with Gasteiger partial charge in [-0.1, -0.05) is 19.1 Å². The van der Waals surface area contributed by atoms with Crippen molar-refractivity contribution in [2.24, 2.45) is 5.73 Å². The summed E-state index contributed by atoms with van der Waals surface area (Å²) in [7, 11) is 0. The maximum absolute atomic E-state index is 6.03. The Balaban J connectivity index is 1.75. The van der Waals surface area contributed by atoms with Gasteiger partial charge in [-0.05, 0) is 72.0 Å². The number of hydrogen-bond donors (Lipinski definition) is 1. The maximum Gasteiger partial charge on any atom is 0.214 e. The average Bonchev–Trinajstić information content (AvgIpc) is 3.21. The van der Waals surface area contributed by atoms with Crippen molar-refractivity contribution in [2.45, 2.75) is 61.7 Å². The molecule has 0 spiro atoms. The molecule has 6 heteroatoms. The third-order valence-electron chi connectivity index (χ3n) is 3.82. The highest BCUT2D eigenvalue weighted by Gasteiger charge is 2.28. The number of tetrazole rings is 1. The lowest BCUT2D eigenvalue weighted by Crippen LogP contribution is -2.21. The van der Waals surface area contributed by atoms with Crippen molar-refractivity contribution in [3.8, 4) is 0 Å². The van der Waals surface area contributed by atoms with Gasteiger partial charge >= 0.3 is 0 Å². The van der Waals surface area contributed by atoms with E-state index in [1.165, 1.54) is 28.9 Å². The van der Waals surface area contributed by atoms with Crippen LogP contribution in [0.4, 0.5) is 0 Å². The zero-order chi connectivity index (χ0) is 14.8. The fourth-order valence-electron chi connectivity index (χ4n) is 2.30. The predicted octanol–water partition coefficient (Wildman–Crippen LogP) is 2.75. The number of aromatic nitrogens is 4. The molecule has 1 saturated carbocycles. The van der Waals surface area contributed by atoms with Crippen molar-refractivity contribution < 1.29 is 0 Å². The van der Waals surface area contributed by atoms with Gasteiger partial charge in [0.2, 0.25) is 5.16 Å². The van der Waals surface area contributed by atoms with E-state index in [9.17, 15) is 0 Å². The fourth-order valence-corrected chi connectivity index (χ4v) is 3.21. The zero-order valence-electron chi connectivity index (χ0n) is 12.5. The summed E-state index contributed by atoms with van der Waals surface area (Å²) in [5.74, 6) is 0. The minimum atomic E-state index is 0.241. The van der Waals surface area contributed by atoms with Crippen molar-refractivity contribution >= 4 is 11.8 Å². The van der Waals surface area contributed by atoms with Crippen LogP contribution in [0.1, 0.15) is 43.4 Å². The lowest BCUT2D eigenvalue weighted by molar-refractivity contribution is 0.565. The van der Waals surface area contributed by atoms with Gasteiger partial charge in [-0.3, -0.25) is 0 Å². The highest BCUT2D eigenvalue weighted by Crippen LogP contribution is 2.38. The summed E-state index contributed by atoms with van der Waals surface area (Å²) < 4.78 is 1.95. The van der Waals surface area contributed by atoms with E-state index in [-0.39, 0.29) is 6.04 Å². The molecular formula is C15H21N5S. The number of rotatable bonds is 6. The quantitative estimate of drug-likeness (QED) is 0.888. The second-order valence-corrected chi connectivity index (χ2v) is 6.72. The van der Waals surface area contributed by atoms with Crippen LogP contribution in [0.15, 0.2) is 28.3 Å². The SMILES string of the molecule is CCC(N)Cc1ccc(Sc2nnnn2C2CC2)c(C)c1. The molecule has 5 nitrogen and oxygen atoms in total. The molecule has 1 atom stereocenters. The van der Waals surface area contributed by atoms with Crippen molar-refractivity contribution in [3.63, 3.8) is 0 Å². The highest BCUT2D eigenvalue weighted by molar-refractivity contribution is 7.99. The molecule has 3 rings (SSSR count). The van der Waals surface area contributed by atoms with Gasteiger partial charge in [0.05, 0.1) is 6.04 Å². The van der Waals surface area contributed by atoms with Gasteiger partial charge in [0.25, 0.3) is 0 Å². The standard InChI is InChI=1S/C15H21N5S/c1-3-12(16)9-11-4-7-14(10(2)8-11)21-15-17-18-19-20(15)13-5-6-13/h4,7-8,12-13H,3,5-6,9,16H2,1-2H3. The maximum atomic E-state index is 6.03. The van der Waals surface area contributed by atoms with Crippen LogP contribution < -0.4 is 5.73 Å². The van der Waals surface area contributed by atoms with Crippen molar-refractivity contribution in [3.05, 3.63) is 29.3 Å². The molecule has 112 valence electrons. The summed E-state index contributed by atoms with van der Waals surface area (Å²) in [6.45, 7) is 4.26. The summed E-state index contributed by atoms with van der Waals surface area (Å²) in [5.41, 5.74) is 8.58. The molecule has 1 heterocycles. The first kappa shape index (κ1) is 14.5. The van der Waals surface area contributed by atoms with E-state index in [0.29, 0.717) is 6.04 Å². The number of benzene rings is 1. The van der Waals surface area contributed by atoms with E-state index in [4.69, 9.17) is 5.73 Å². The summed E-state index contributed by atoms with van der Waals surface area (Å²) in [5, 5.41) is 12.9. The van der Waals surface area contributed by atoms with Gasteiger partial charge in [-0.25, -0.2) is 4.68 Å². The first-order valence-electron chi connectivity index (χ1n) is 7.48. The topological polar surface area (TPSA) is 69.6 Å². The molecule has 21 heavy (non-hydrogen) atoms. The zero-order valence-corrected chi connectivity index (χ0v) is 13.3. The molecule has 1 unspecified atom stereocenters. The Hall–Kier alpha value is -1.40. The van der Waals surface area contributed by atoms with Crippen LogP contribution in [0.2, 0.25) is 0 Å². The normalized spacial score (nSPS) is 16.1. The molecule has 0 aliphatic heterocycles. The average molecular weight is 303 g/mol. The second kappa shape index (κ2) is 6.15. The van der Waals surface area contributed by atoms with E-state index in [0.717, 1.165) is 18.0 Å². The third kappa shape index (κ3) is 3.44. The monoisotopic (exact) mass is 303 g/mol. The number of hydrogen-bond acceptors (Lipinski definition) is 5. The second-order valence-electron chi connectivity index (χ2n) is 5.71. The Labute approximate surface area is 129 Å². The van der Waals surface area contributed by atoms with Gasteiger partial charge in [0.1, 0.15) is 0 Å². The first-order valence-corrected chi connectivity index (χ1v) is 8.30. The van der Waals surface area contributed by atoms with Crippen LogP contribution in [0.3, 0.4) is 0 Å². The lowest BCUT2D eigenvalue weighted by atomic mass is 10.0. The van der Waals surface area contributed by atoms with E-state index in [1.54, 1.807) is 11.8 Å². The Kier molecular flexibility index (Phi) is 4.26. The molecule has 0 bridgehead atoms. The molecule has 2 aromatic rings. The minimum Gasteiger partial charge on any atom is -0.327 e. The molecule has 0 amide bonds. The summed E-state index contributed by atoms with van der Waals surface area (Å²) >= 11 is 1.64. The summed E-state index contributed by atoms with van der Waals surface area (Å²) in [6, 6.07) is 7.29. The smallest absolute Gasteiger partial charge is 0.214 e.